The topological polar surface area (TPSA) is 119 Å². The standard InChI is InChI=1S/C29H31FN2O7S/c1-6-32(7-2)15-8-9-18-17-19(30)10-13-23(18)40(35,36)31-22-12-11-20-21-14-16-37-26(21)28(34)38-25(20)24(22)27(33)39-29(3,4)5/h8-14,16-17,31H,6-7,15H2,1-5H3. The summed E-state index contributed by atoms with van der Waals surface area (Å²) in [7, 11) is -4.36. The number of sulfonamides is 1. The van der Waals surface area contributed by atoms with Crippen molar-refractivity contribution in [2.75, 3.05) is 24.4 Å². The number of halogens is 1. The Kier molecular flexibility index (Phi) is 8.18. The molecule has 0 fully saturated rings. The molecule has 0 spiro atoms. The van der Waals surface area contributed by atoms with E-state index in [-0.39, 0.29) is 32.9 Å². The molecule has 0 bridgehead atoms. The molecule has 0 atom stereocenters. The monoisotopic (exact) mass is 570 g/mol. The van der Waals surface area contributed by atoms with Gasteiger partial charge in [0, 0.05) is 17.3 Å². The molecule has 4 rings (SSSR count). The number of benzene rings is 2. The summed E-state index contributed by atoms with van der Waals surface area (Å²) < 4.78 is 60.1. The van der Waals surface area contributed by atoms with Crippen molar-refractivity contribution in [2.45, 2.75) is 45.1 Å². The molecule has 0 saturated heterocycles. The Morgan fingerprint density at radius 3 is 2.45 bits per heavy atom. The lowest BCUT2D eigenvalue weighted by Crippen LogP contribution is -2.25. The third-order valence-electron chi connectivity index (χ3n) is 6.16. The second kappa shape index (κ2) is 11.3. The van der Waals surface area contributed by atoms with Crippen LogP contribution in [0.25, 0.3) is 28.0 Å². The molecular formula is C29H31FN2O7S. The molecule has 0 radical (unpaired) electrons. The molecule has 2 aromatic carbocycles. The van der Waals surface area contributed by atoms with Gasteiger partial charge < -0.3 is 18.5 Å². The Bertz CT molecular complexity index is 1760. The molecule has 4 aromatic rings. The van der Waals surface area contributed by atoms with Gasteiger partial charge in [0.25, 0.3) is 10.0 Å². The number of nitrogens with zero attached hydrogens (tertiary/aromatic N) is 1. The molecule has 0 aliphatic rings. The van der Waals surface area contributed by atoms with E-state index in [1.54, 1.807) is 39.0 Å². The Morgan fingerprint density at radius 1 is 1.07 bits per heavy atom. The highest BCUT2D eigenvalue weighted by atomic mass is 32.2. The molecule has 0 amide bonds. The first-order valence-corrected chi connectivity index (χ1v) is 14.2. The molecular weight excluding hydrogens is 539 g/mol. The molecule has 212 valence electrons. The van der Waals surface area contributed by atoms with Gasteiger partial charge in [0.05, 0.1) is 16.8 Å². The first-order chi connectivity index (χ1) is 18.8. The van der Waals surface area contributed by atoms with Crippen LogP contribution < -0.4 is 10.3 Å². The number of carbonyl (C=O) groups is 1. The van der Waals surface area contributed by atoms with Crippen molar-refractivity contribution in [2.24, 2.45) is 0 Å². The van der Waals surface area contributed by atoms with E-state index in [9.17, 15) is 22.4 Å². The number of carbonyl (C=O) groups excluding carboxylic acids is 1. The van der Waals surface area contributed by atoms with Crippen molar-refractivity contribution in [1.82, 2.24) is 4.90 Å². The Morgan fingerprint density at radius 2 is 1.77 bits per heavy atom. The van der Waals surface area contributed by atoms with Gasteiger partial charge in [-0.2, -0.15) is 0 Å². The highest BCUT2D eigenvalue weighted by molar-refractivity contribution is 7.92. The minimum absolute atomic E-state index is 0.0385. The molecule has 40 heavy (non-hydrogen) atoms. The molecule has 2 heterocycles. The van der Waals surface area contributed by atoms with E-state index in [0.717, 1.165) is 31.3 Å². The maximum absolute atomic E-state index is 14.2. The van der Waals surface area contributed by atoms with Crippen LogP contribution in [-0.4, -0.2) is 44.5 Å². The molecule has 11 heteroatoms. The smallest absolute Gasteiger partial charge is 0.380 e. The van der Waals surface area contributed by atoms with E-state index in [4.69, 9.17) is 13.6 Å². The Balaban J connectivity index is 1.84. The van der Waals surface area contributed by atoms with Gasteiger partial charge in [-0.3, -0.25) is 4.72 Å². The lowest BCUT2D eigenvalue weighted by molar-refractivity contribution is 0.00718. The predicted octanol–water partition coefficient (Wildman–Crippen LogP) is 5.79. The lowest BCUT2D eigenvalue weighted by atomic mass is 10.1. The van der Waals surface area contributed by atoms with E-state index in [2.05, 4.69) is 9.62 Å². The minimum atomic E-state index is -4.36. The van der Waals surface area contributed by atoms with Crippen LogP contribution >= 0.6 is 0 Å². The van der Waals surface area contributed by atoms with Crippen molar-refractivity contribution >= 4 is 49.7 Å². The highest BCUT2D eigenvalue weighted by Crippen LogP contribution is 2.33. The average Bonchev–Trinajstić information content (AvgIpc) is 3.36. The predicted molar refractivity (Wildman–Crippen MR) is 151 cm³/mol. The molecule has 0 aliphatic carbocycles. The van der Waals surface area contributed by atoms with Gasteiger partial charge >= 0.3 is 11.6 Å². The Labute approximate surface area is 231 Å². The number of fused-ring (bicyclic) bond motifs is 3. The third-order valence-corrected chi connectivity index (χ3v) is 7.60. The molecule has 9 nitrogen and oxygen atoms in total. The van der Waals surface area contributed by atoms with Crippen molar-refractivity contribution in [3.63, 3.8) is 0 Å². The minimum Gasteiger partial charge on any atom is -0.457 e. The summed E-state index contributed by atoms with van der Waals surface area (Å²) in [5.74, 6) is -1.51. The maximum Gasteiger partial charge on any atom is 0.380 e. The molecule has 0 saturated carbocycles. The summed E-state index contributed by atoms with van der Waals surface area (Å²) in [6.45, 7) is 11.1. The van der Waals surface area contributed by atoms with Gasteiger partial charge in [-0.25, -0.2) is 22.4 Å². The van der Waals surface area contributed by atoms with E-state index in [1.807, 2.05) is 13.8 Å². The molecule has 2 aromatic heterocycles. The molecule has 0 aliphatic heterocycles. The van der Waals surface area contributed by atoms with E-state index in [0.29, 0.717) is 17.3 Å². The summed E-state index contributed by atoms with van der Waals surface area (Å²) in [6, 6.07) is 7.75. The summed E-state index contributed by atoms with van der Waals surface area (Å²) in [4.78, 5) is 27.9. The average molecular weight is 571 g/mol. The Hall–Kier alpha value is -3.96. The first-order valence-electron chi connectivity index (χ1n) is 12.8. The number of ether oxygens (including phenoxy) is 1. The summed E-state index contributed by atoms with van der Waals surface area (Å²) in [5.41, 5.74) is -2.29. The van der Waals surface area contributed by atoms with Crippen molar-refractivity contribution in [3.05, 3.63) is 76.1 Å². The third kappa shape index (κ3) is 6.10. The van der Waals surface area contributed by atoms with E-state index < -0.39 is 33.0 Å². The zero-order chi connectivity index (χ0) is 29.2. The second-order valence-corrected chi connectivity index (χ2v) is 11.7. The fourth-order valence-electron chi connectivity index (χ4n) is 4.24. The first kappa shape index (κ1) is 29.0. The van der Waals surface area contributed by atoms with Gasteiger partial charge in [0.1, 0.15) is 17.0 Å². The number of likely N-dealkylation sites (N-methyl/N-ethyl adjacent to an activating group) is 1. The second-order valence-electron chi connectivity index (χ2n) is 10.1. The number of nitrogens with one attached hydrogen (secondary N) is 1. The fourth-order valence-corrected chi connectivity index (χ4v) is 5.49. The number of hydrogen-bond acceptors (Lipinski definition) is 8. The van der Waals surface area contributed by atoms with E-state index >= 15 is 0 Å². The van der Waals surface area contributed by atoms with Crippen LogP contribution in [0.5, 0.6) is 0 Å². The number of anilines is 1. The van der Waals surface area contributed by atoms with E-state index in [1.165, 1.54) is 18.4 Å². The van der Waals surface area contributed by atoms with Crippen LogP contribution in [0.3, 0.4) is 0 Å². The van der Waals surface area contributed by atoms with Gasteiger partial charge in [0.2, 0.25) is 5.58 Å². The number of furan rings is 1. The molecule has 0 unspecified atom stereocenters. The van der Waals surface area contributed by atoms with Crippen LogP contribution in [0.15, 0.2) is 67.3 Å². The zero-order valence-corrected chi connectivity index (χ0v) is 23.7. The quantitative estimate of drug-likeness (QED) is 0.198. The van der Waals surface area contributed by atoms with Gasteiger partial charge in [-0.15, -0.1) is 0 Å². The summed E-state index contributed by atoms with van der Waals surface area (Å²) in [6.07, 6.45) is 4.61. The lowest BCUT2D eigenvalue weighted by Gasteiger charge is -2.21. The largest absolute Gasteiger partial charge is 0.457 e. The summed E-state index contributed by atoms with van der Waals surface area (Å²) >= 11 is 0. The highest BCUT2D eigenvalue weighted by Gasteiger charge is 2.29. The van der Waals surface area contributed by atoms with Gasteiger partial charge in [-0.05, 0) is 75.8 Å². The van der Waals surface area contributed by atoms with Crippen LogP contribution in [-0.2, 0) is 14.8 Å². The maximum atomic E-state index is 14.2. The zero-order valence-electron chi connectivity index (χ0n) is 22.9. The fraction of sp³-hybridized carbons (Fsp3) is 0.310. The van der Waals surface area contributed by atoms with Crippen LogP contribution in [0, 0.1) is 5.82 Å². The molecule has 1 N–H and O–H groups in total. The van der Waals surface area contributed by atoms with Crippen molar-refractivity contribution in [3.8, 4) is 0 Å². The van der Waals surface area contributed by atoms with Crippen LogP contribution in [0.2, 0.25) is 0 Å². The van der Waals surface area contributed by atoms with Crippen LogP contribution in [0.4, 0.5) is 10.1 Å². The van der Waals surface area contributed by atoms with Crippen molar-refractivity contribution < 1.29 is 31.2 Å². The number of hydrogen-bond donors (Lipinski definition) is 1. The summed E-state index contributed by atoms with van der Waals surface area (Å²) in [5, 5.41) is 0.749. The van der Waals surface area contributed by atoms with Gasteiger partial charge in [-0.1, -0.05) is 26.0 Å². The normalized spacial score (nSPS) is 12.6. The SMILES string of the molecule is CCN(CC)CC=Cc1cc(F)ccc1S(=O)(=O)Nc1ccc2c(oc(=O)c3occc32)c1C(=O)OC(C)(C)C. The number of rotatable bonds is 9. The van der Waals surface area contributed by atoms with Gasteiger partial charge in [0.15, 0.2) is 5.58 Å². The van der Waals surface area contributed by atoms with Crippen LogP contribution in [0.1, 0.15) is 50.5 Å². The number of esters is 1. The van der Waals surface area contributed by atoms with Crippen molar-refractivity contribution in [1.29, 1.82) is 0 Å².